The van der Waals surface area contributed by atoms with Gasteiger partial charge in [0.05, 0.1) is 5.69 Å². The van der Waals surface area contributed by atoms with E-state index in [1.54, 1.807) is 0 Å². The minimum absolute atomic E-state index is 0.143. The molecule has 1 amide bonds. The highest BCUT2D eigenvalue weighted by Gasteiger charge is 2.23. The van der Waals surface area contributed by atoms with Crippen LogP contribution < -0.4 is 16.2 Å². The van der Waals surface area contributed by atoms with Gasteiger partial charge in [0, 0.05) is 18.7 Å². The molecular formula is C15H21N3O. The van der Waals surface area contributed by atoms with Crippen molar-refractivity contribution in [1.29, 1.82) is 0 Å². The molecule has 0 aromatic heterocycles. The van der Waals surface area contributed by atoms with Crippen LogP contribution in [-0.2, 0) is 11.2 Å². The lowest BCUT2D eigenvalue weighted by atomic mass is 9.98. The van der Waals surface area contributed by atoms with E-state index in [9.17, 15) is 4.79 Å². The second kappa shape index (κ2) is 6.83. The highest BCUT2D eigenvalue weighted by Crippen LogP contribution is 2.17. The smallest absolute Gasteiger partial charge is 0.223 e. The van der Waals surface area contributed by atoms with Gasteiger partial charge in [-0.05, 0) is 37.0 Å². The van der Waals surface area contributed by atoms with Crippen molar-refractivity contribution in [3.8, 4) is 0 Å². The van der Waals surface area contributed by atoms with Gasteiger partial charge < -0.3 is 16.2 Å². The Kier molecular flexibility index (Phi) is 4.84. The minimum Gasteiger partial charge on any atom is -0.356 e. The first-order valence-electron chi connectivity index (χ1n) is 6.83. The maximum absolute atomic E-state index is 11.5. The Hall–Kier alpha value is -1.97. The van der Waals surface area contributed by atoms with Crippen LogP contribution in [0.15, 0.2) is 36.5 Å². The molecule has 0 radical (unpaired) electrons. The van der Waals surface area contributed by atoms with Crippen molar-refractivity contribution in [2.75, 3.05) is 12.0 Å². The Bertz CT molecular complexity index is 439. The molecule has 0 aliphatic carbocycles. The van der Waals surface area contributed by atoms with E-state index in [0.717, 1.165) is 31.5 Å². The summed E-state index contributed by atoms with van der Waals surface area (Å²) in [4.78, 5) is 11.5. The predicted molar refractivity (Wildman–Crippen MR) is 77.5 cm³/mol. The highest BCUT2D eigenvalue weighted by molar-refractivity contribution is 5.80. The maximum Gasteiger partial charge on any atom is 0.223 e. The molecule has 1 atom stereocenters. The van der Waals surface area contributed by atoms with E-state index in [2.05, 4.69) is 35.2 Å². The molecule has 1 aliphatic heterocycles. The monoisotopic (exact) mass is 259 g/mol. The third kappa shape index (κ3) is 4.02. The van der Waals surface area contributed by atoms with E-state index in [0.29, 0.717) is 0 Å². The number of benzene rings is 1. The van der Waals surface area contributed by atoms with Crippen LogP contribution in [0.5, 0.6) is 0 Å². The molecule has 1 fully saturated rings. The van der Waals surface area contributed by atoms with Gasteiger partial charge in [-0.15, -0.1) is 0 Å². The van der Waals surface area contributed by atoms with Gasteiger partial charge in [0.2, 0.25) is 5.91 Å². The van der Waals surface area contributed by atoms with E-state index >= 15 is 0 Å². The molecule has 1 unspecified atom stereocenters. The van der Waals surface area contributed by atoms with Crippen molar-refractivity contribution < 1.29 is 4.79 Å². The highest BCUT2D eigenvalue weighted by atomic mass is 16.2. The molecule has 1 aliphatic rings. The van der Waals surface area contributed by atoms with Crippen molar-refractivity contribution in [1.82, 2.24) is 10.7 Å². The second-order valence-corrected chi connectivity index (χ2v) is 4.76. The van der Waals surface area contributed by atoms with Crippen molar-refractivity contribution in [3.05, 3.63) is 42.1 Å². The number of amides is 1. The average molecular weight is 259 g/mol. The first-order chi connectivity index (χ1) is 9.29. The molecule has 1 saturated heterocycles. The van der Waals surface area contributed by atoms with Gasteiger partial charge in [0.1, 0.15) is 0 Å². The van der Waals surface area contributed by atoms with Crippen LogP contribution in [0.1, 0.15) is 25.3 Å². The topological polar surface area (TPSA) is 53.2 Å². The first kappa shape index (κ1) is 13.5. The Balaban J connectivity index is 1.84. The third-order valence-corrected chi connectivity index (χ3v) is 3.25. The fourth-order valence-corrected chi connectivity index (χ4v) is 2.15. The number of hydrazine groups is 1. The van der Waals surface area contributed by atoms with Gasteiger partial charge >= 0.3 is 0 Å². The predicted octanol–water partition coefficient (Wildman–Crippen LogP) is 2.21. The van der Waals surface area contributed by atoms with Crippen LogP contribution >= 0.6 is 0 Å². The van der Waals surface area contributed by atoms with E-state index in [1.165, 1.54) is 5.56 Å². The normalized spacial score (nSPS) is 18.6. The molecule has 4 heteroatoms. The molecule has 102 valence electrons. The Labute approximate surface area is 114 Å². The molecule has 0 spiro atoms. The fraction of sp³-hybridized carbons (Fsp3) is 0.400. The summed E-state index contributed by atoms with van der Waals surface area (Å²) < 4.78 is 0. The molecule has 3 N–H and O–H groups in total. The van der Waals surface area contributed by atoms with E-state index < -0.39 is 0 Å². The maximum atomic E-state index is 11.5. The zero-order valence-corrected chi connectivity index (χ0v) is 11.3. The first-order valence-corrected chi connectivity index (χ1v) is 6.83. The Morgan fingerprint density at radius 2 is 2.16 bits per heavy atom. The number of hydrogen-bond donors (Lipinski definition) is 3. The van der Waals surface area contributed by atoms with Crippen LogP contribution in [0.25, 0.3) is 0 Å². The zero-order chi connectivity index (χ0) is 13.5. The number of allylic oxidation sites excluding steroid dienone is 1. The van der Waals surface area contributed by atoms with Crippen molar-refractivity contribution >= 4 is 11.6 Å². The molecule has 19 heavy (non-hydrogen) atoms. The largest absolute Gasteiger partial charge is 0.356 e. The second-order valence-electron chi connectivity index (χ2n) is 4.76. The number of carbonyl (C=O) groups is 1. The van der Waals surface area contributed by atoms with Gasteiger partial charge in [0.15, 0.2) is 0 Å². The SMILES string of the molecule is CCC=CNNc1ccc(CC2CCNC2=O)cc1. The summed E-state index contributed by atoms with van der Waals surface area (Å²) in [6.07, 6.45) is 6.71. The van der Waals surface area contributed by atoms with Crippen molar-refractivity contribution in [2.24, 2.45) is 5.92 Å². The quantitative estimate of drug-likeness (QED) is 0.687. The summed E-state index contributed by atoms with van der Waals surface area (Å²) >= 11 is 0. The summed E-state index contributed by atoms with van der Waals surface area (Å²) in [6.45, 7) is 2.91. The molecule has 0 bridgehead atoms. The lowest BCUT2D eigenvalue weighted by Crippen LogP contribution is -2.20. The van der Waals surface area contributed by atoms with Gasteiger partial charge in [-0.2, -0.15) is 0 Å². The van der Waals surface area contributed by atoms with Crippen LogP contribution in [0.4, 0.5) is 5.69 Å². The molecule has 1 aromatic rings. The van der Waals surface area contributed by atoms with Crippen LogP contribution in [0, 0.1) is 5.92 Å². The van der Waals surface area contributed by atoms with Crippen LogP contribution in [0.3, 0.4) is 0 Å². The van der Waals surface area contributed by atoms with E-state index in [-0.39, 0.29) is 11.8 Å². The molecule has 4 nitrogen and oxygen atoms in total. The summed E-state index contributed by atoms with van der Waals surface area (Å²) in [5, 5.41) is 2.87. The lowest BCUT2D eigenvalue weighted by Gasteiger charge is -2.09. The number of carbonyl (C=O) groups excluding carboxylic acids is 1. The van der Waals surface area contributed by atoms with Crippen molar-refractivity contribution in [3.63, 3.8) is 0 Å². The van der Waals surface area contributed by atoms with Gasteiger partial charge in [-0.1, -0.05) is 25.1 Å². The number of nitrogens with one attached hydrogen (secondary N) is 3. The average Bonchev–Trinajstić information content (AvgIpc) is 2.82. The van der Waals surface area contributed by atoms with Crippen LogP contribution in [0.2, 0.25) is 0 Å². The number of anilines is 1. The van der Waals surface area contributed by atoms with Crippen LogP contribution in [-0.4, -0.2) is 12.5 Å². The van der Waals surface area contributed by atoms with Gasteiger partial charge in [0.25, 0.3) is 0 Å². The summed E-state index contributed by atoms with van der Waals surface area (Å²) in [7, 11) is 0. The molecule has 1 heterocycles. The molecule has 2 rings (SSSR count). The summed E-state index contributed by atoms with van der Waals surface area (Å²) in [6, 6.07) is 8.18. The number of rotatable bonds is 6. The van der Waals surface area contributed by atoms with E-state index in [4.69, 9.17) is 0 Å². The summed E-state index contributed by atoms with van der Waals surface area (Å²) in [5.74, 6) is 0.331. The number of hydrogen-bond acceptors (Lipinski definition) is 3. The Morgan fingerprint density at radius 3 is 2.79 bits per heavy atom. The minimum atomic E-state index is 0.143. The standard InChI is InChI=1S/C15H21N3O/c1-2-3-9-17-18-14-6-4-12(5-7-14)11-13-8-10-16-15(13)19/h3-7,9,13,17-18H,2,8,10-11H2,1H3,(H,16,19). The lowest BCUT2D eigenvalue weighted by molar-refractivity contribution is -0.122. The van der Waals surface area contributed by atoms with E-state index in [1.807, 2.05) is 24.4 Å². The molecule has 0 saturated carbocycles. The van der Waals surface area contributed by atoms with Crippen molar-refractivity contribution in [2.45, 2.75) is 26.2 Å². The Morgan fingerprint density at radius 1 is 1.37 bits per heavy atom. The third-order valence-electron chi connectivity index (χ3n) is 3.25. The molecular weight excluding hydrogens is 238 g/mol. The van der Waals surface area contributed by atoms with Gasteiger partial charge in [-0.25, -0.2) is 0 Å². The molecule has 1 aromatic carbocycles. The summed E-state index contributed by atoms with van der Waals surface area (Å²) in [5.41, 5.74) is 8.32. The fourth-order valence-electron chi connectivity index (χ4n) is 2.15. The van der Waals surface area contributed by atoms with Gasteiger partial charge in [-0.3, -0.25) is 4.79 Å². The zero-order valence-electron chi connectivity index (χ0n) is 11.3.